The second-order valence-electron chi connectivity index (χ2n) is 6.83. The van der Waals surface area contributed by atoms with Gasteiger partial charge in [-0.2, -0.15) is 0 Å². The van der Waals surface area contributed by atoms with Crippen molar-refractivity contribution in [3.8, 4) is 11.4 Å². The summed E-state index contributed by atoms with van der Waals surface area (Å²) in [5.74, 6) is -1.16. The molecule has 3 aromatic carbocycles. The zero-order chi connectivity index (χ0) is 21.3. The molecular formula is C23H18FN3O3. The standard InChI is InChI=1S/C23H18FN3O3/c1-27-21(14-7-3-2-4-8-14)26-20-15(11-16(24)12-18(20)22(27)28)13-25-19-10-6-5-9-17(19)23(29)30/h2-12,25H,13H2,1H3,(H,29,30). The van der Waals surface area contributed by atoms with Crippen molar-refractivity contribution in [2.45, 2.75) is 6.54 Å². The average Bonchev–Trinajstić information content (AvgIpc) is 2.75. The Labute approximate surface area is 171 Å². The number of fused-ring (bicyclic) bond motifs is 1. The van der Waals surface area contributed by atoms with Crippen LogP contribution >= 0.6 is 0 Å². The number of carbonyl (C=O) groups is 1. The van der Waals surface area contributed by atoms with Gasteiger partial charge in [-0.25, -0.2) is 14.2 Å². The third kappa shape index (κ3) is 3.53. The molecule has 0 aliphatic rings. The molecule has 0 unspecified atom stereocenters. The summed E-state index contributed by atoms with van der Waals surface area (Å²) in [5.41, 5.74) is 1.74. The molecule has 0 saturated heterocycles. The lowest BCUT2D eigenvalue weighted by Gasteiger charge is -2.14. The molecule has 1 aromatic heterocycles. The highest BCUT2D eigenvalue weighted by Crippen LogP contribution is 2.23. The van der Waals surface area contributed by atoms with Crippen LogP contribution in [0.3, 0.4) is 0 Å². The molecule has 6 nitrogen and oxygen atoms in total. The van der Waals surface area contributed by atoms with Crippen LogP contribution in [0.2, 0.25) is 0 Å². The zero-order valence-electron chi connectivity index (χ0n) is 16.1. The molecule has 0 saturated carbocycles. The Morgan fingerprint density at radius 1 is 1.10 bits per heavy atom. The van der Waals surface area contributed by atoms with Gasteiger partial charge in [0.1, 0.15) is 11.6 Å². The normalized spacial score (nSPS) is 10.9. The molecule has 30 heavy (non-hydrogen) atoms. The molecule has 4 rings (SSSR count). The highest BCUT2D eigenvalue weighted by atomic mass is 19.1. The van der Waals surface area contributed by atoms with Gasteiger partial charge in [0.15, 0.2) is 0 Å². The van der Waals surface area contributed by atoms with Crippen LogP contribution in [0.5, 0.6) is 0 Å². The lowest BCUT2D eigenvalue weighted by molar-refractivity contribution is 0.0698. The van der Waals surface area contributed by atoms with Gasteiger partial charge in [-0.3, -0.25) is 9.36 Å². The first-order valence-electron chi connectivity index (χ1n) is 9.26. The quantitative estimate of drug-likeness (QED) is 0.525. The average molecular weight is 403 g/mol. The number of anilines is 1. The van der Waals surface area contributed by atoms with Crippen LogP contribution in [0.15, 0.2) is 71.5 Å². The van der Waals surface area contributed by atoms with Crippen molar-refractivity contribution in [2.75, 3.05) is 5.32 Å². The van der Waals surface area contributed by atoms with Gasteiger partial charge in [0.2, 0.25) is 0 Å². The van der Waals surface area contributed by atoms with Gasteiger partial charge < -0.3 is 10.4 Å². The lowest BCUT2D eigenvalue weighted by Crippen LogP contribution is -2.21. The Hall–Kier alpha value is -4.00. The SMILES string of the molecule is Cn1c(-c2ccccc2)nc2c(CNc3ccccc3C(=O)O)cc(F)cc2c1=O. The Kier molecular flexibility index (Phi) is 5.02. The van der Waals surface area contributed by atoms with E-state index < -0.39 is 11.8 Å². The van der Waals surface area contributed by atoms with Crippen LogP contribution in [0, 0.1) is 5.82 Å². The minimum absolute atomic E-state index is 0.104. The molecule has 0 radical (unpaired) electrons. The fourth-order valence-corrected chi connectivity index (χ4v) is 3.40. The first-order valence-corrected chi connectivity index (χ1v) is 9.26. The molecule has 4 aromatic rings. The largest absolute Gasteiger partial charge is 0.478 e. The zero-order valence-corrected chi connectivity index (χ0v) is 16.1. The van der Waals surface area contributed by atoms with Gasteiger partial charge in [0.05, 0.1) is 16.5 Å². The van der Waals surface area contributed by atoms with Gasteiger partial charge in [0.25, 0.3) is 5.56 Å². The molecule has 0 atom stereocenters. The summed E-state index contributed by atoms with van der Waals surface area (Å²) in [5, 5.41) is 12.5. The van der Waals surface area contributed by atoms with Crippen molar-refractivity contribution < 1.29 is 14.3 Å². The first kappa shape index (κ1) is 19.3. The number of rotatable bonds is 5. The number of aromatic carboxylic acids is 1. The molecule has 0 spiro atoms. The molecule has 0 bridgehead atoms. The summed E-state index contributed by atoms with van der Waals surface area (Å²) in [6.07, 6.45) is 0. The van der Waals surface area contributed by atoms with Crippen molar-refractivity contribution in [1.29, 1.82) is 0 Å². The Morgan fingerprint density at radius 3 is 2.53 bits per heavy atom. The second-order valence-corrected chi connectivity index (χ2v) is 6.83. The van der Waals surface area contributed by atoms with E-state index in [0.717, 1.165) is 5.56 Å². The van der Waals surface area contributed by atoms with Crippen LogP contribution < -0.4 is 10.9 Å². The predicted molar refractivity (Wildman–Crippen MR) is 113 cm³/mol. The maximum Gasteiger partial charge on any atom is 0.337 e. The van der Waals surface area contributed by atoms with Crippen molar-refractivity contribution >= 4 is 22.6 Å². The Balaban J connectivity index is 1.83. The number of para-hydroxylation sites is 1. The van der Waals surface area contributed by atoms with E-state index in [-0.39, 0.29) is 23.1 Å². The first-order chi connectivity index (χ1) is 14.5. The molecule has 0 amide bonds. The van der Waals surface area contributed by atoms with Crippen LogP contribution in [-0.2, 0) is 13.6 Å². The Bertz CT molecular complexity index is 1320. The van der Waals surface area contributed by atoms with E-state index in [1.165, 1.54) is 22.8 Å². The van der Waals surface area contributed by atoms with E-state index in [2.05, 4.69) is 10.3 Å². The summed E-state index contributed by atoms with van der Waals surface area (Å²) in [4.78, 5) is 29.0. The second kappa shape index (κ2) is 7.79. The number of carboxylic acid groups (broad SMARTS) is 1. The summed E-state index contributed by atoms with van der Waals surface area (Å²) in [6.45, 7) is 0.104. The molecule has 0 aliphatic carbocycles. The summed E-state index contributed by atoms with van der Waals surface area (Å²) < 4.78 is 15.7. The topological polar surface area (TPSA) is 84.2 Å². The van der Waals surface area contributed by atoms with Crippen molar-refractivity contribution in [2.24, 2.45) is 7.05 Å². The van der Waals surface area contributed by atoms with Crippen molar-refractivity contribution in [3.05, 3.63) is 94.0 Å². The smallest absolute Gasteiger partial charge is 0.337 e. The fourth-order valence-electron chi connectivity index (χ4n) is 3.40. The van der Waals surface area contributed by atoms with Gasteiger partial charge in [-0.1, -0.05) is 42.5 Å². The molecule has 1 heterocycles. The molecule has 150 valence electrons. The van der Waals surface area contributed by atoms with Gasteiger partial charge in [-0.15, -0.1) is 0 Å². The van der Waals surface area contributed by atoms with Crippen molar-refractivity contribution in [3.63, 3.8) is 0 Å². The van der Waals surface area contributed by atoms with Crippen LogP contribution in [0.1, 0.15) is 15.9 Å². The highest BCUT2D eigenvalue weighted by molar-refractivity contribution is 5.94. The third-order valence-corrected chi connectivity index (χ3v) is 4.88. The number of hydrogen-bond donors (Lipinski definition) is 2. The minimum atomic E-state index is -1.07. The number of nitrogens with zero attached hydrogens (tertiary/aromatic N) is 2. The van der Waals surface area contributed by atoms with E-state index in [9.17, 15) is 19.1 Å². The molecular weight excluding hydrogens is 385 g/mol. The van der Waals surface area contributed by atoms with Crippen LogP contribution in [-0.4, -0.2) is 20.6 Å². The highest BCUT2D eigenvalue weighted by Gasteiger charge is 2.15. The predicted octanol–water partition coefficient (Wildman–Crippen LogP) is 4.05. The number of halogens is 1. The molecule has 0 fully saturated rings. The van der Waals surface area contributed by atoms with Crippen molar-refractivity contribution in [1.82, 2.24) is 9.55 Å². The van der Waals surface area contributed by atoms with Gasteiger partial charge in [-0.05, 0) is 24.3 Å². The Morgan fingerprint density at radius 2 is 1.80 bits per heavy atom. The van der Waals surface area contributed by atoms with Gasteiger partial charge in [0, 0.05) is 30.4 Å². The summed E-state index contributed by atoms with van der Waals surface area (Å²) in [7, 11) is 1.60. The summed E-state index contributed by atoms with van der Waals surface area (Å²) >= 11 is 0. The lowest BCUT2D eigenvalue weighted by atomic mass is 10.1. The molecule has 0 aliphatic heterocycles. The number of benzene rings is 3. The van der Waals surface area contributed by atoms with E-state index in [1.807, 2.05) is 30.3 Å². The monoisotopic (exact) mass is 403 g/mol. The van der Waals surface area contributed by atoms with E-state index >= 15 is 0 Å². The molecule has 2 N–H and O–H groups in total. The van der Waals surface area contributed by atoms with E-state index in [0.29, 0.717) is 22.6 Å². The maximum atomic E-state index is 14.3. The fraction of sp³-hybridized carbons (Fsp3) is 0.0870. The number of hydrogen-bond acceptors (Lipinski definition) is 4. The number of aromatic nitrogens is 2. The number of nitrogens with one attached hydrogen (secondary N) is 1. The summed E-state index contributed by atoms with van der Waals surface area (Å²) in [6, 6.07) is 18.2. The number of carboxylic acids is 1. The molecule has 7 heteroatoms. The maximum absolute atomic E-state index is 14.3. The third-order valence-electron chi connectivity index (χ3n) is 4.88. The van der Waals surface area contributed by atoms with Gasteiger partial charge >= 0.3 is 5.97 Å². The van der Waals surface area contributed by atoms with E-state index in [1.54, 1.807) is 25.2 Å². The minimum Gasteiger partial charge on any atom is -0.478 e. The van der Waals surface area contributed by atoms with Crippen LogP contribution in [0.25, 0.3) is 22.3 Å². The van der Waals surface area contributed by atoms with E-state index in [4.69, 9.17) is 0 Å². The van der Waals surface area contributed by atoms with Crippen LogP contribution in [0.4, 0.5) is 10.1 Å².